The maximum Gasteiger partial charge on any atom is 0.313 e. The van der Waals surface area contributed by atoms with Crippen LogP contribution in [-0.2, 0) is 9.59 Å². The summed E-state index contributed by atoms with van der Waals surface area (Å²) < 4.78 is 0. The minimum Gasteiger partial charge on any atom is -0.347 e. The third-order valence-electron chi connectivity index (χ3n) is 4.45. The number of benzene rings is 1. The number of rotatable bonds is 7. The fraction of sp³-hybridized carbons (Fsp3) is 0.600. The Balaban J connectivity index is 2.71. The predicted molar refractivity (Wildman–Crippen MR) is 104 cm³/mol. The molecule has 5 nitrogen and oxygen atoms in total. The Bertz CT molecular complexity index is 595. The summed E-state index contributed by atoms with van der Waals surface area (Å²) in [6.07, 6.45) is 0. The molecule has 1 aromatic carbocycles. The van der Waals surface area contributed by atoms with Gasteiger partial charge in [-0.15, -0.1) is 0 Å². The predicted octanol–water partition coefficient (Wildman–Crippen LogP) is 3.33. The Morgan fingerprint density at radius 2 is 1.64 bits per heavy atom. The molecule has 5 heteroatoms. The second-order valence-electron chi connectivity index (χ2n) is 7.44. The fourth-order valence-electron chi connectivity index (χ4n) is 2.40. The van der Waals surface area contributed by atoms with Crippen LogP contribution < -0.4 is 10.6 Å². The molecular weight excluding hydrogens is 314 g/mol. The summed E-state index contributed by atoms with van der Waals surface area (Å²) in [7, 11) is 1.99. The molecule has 0 atom stereocenters. The first-order valence-electron chi connectivity index (χ1n) is 9.06. The normalized spacial score (nSPS) is 11.5. The molecule has 1 rings (SSSR count). The van der Waals surface area contributed by atoms with Crippen molar-refractivity contribution in [3.8, 4) is 0 Å². The summed E-state index contributed by atoms with van der Waals surface area (Å²) >= 11 is 0. The van der Waals surface area contributed by atoms with Crippen LogP contribution in [0.3, 0.4) is 0 Å². The fourth-order valence-corrected chi connectivity index (χ4v) is 2.40. The highest BCUT2D eigenvalue weighted by atomic mass is 16.2. The number of nitrogens with one attached hydrogen (secondary N) is 2. The van der Waals surface area contributed by atoms with Gasteiger partial charge in [-0.2, -0.15) is 0 Å². The molecule has 0 saturated heterocycles. The highest BCUT2D eigenvalue weighted by Gasteiger charge is 2.17. The number of hydrogen-bond donors (Lipinski definition) is 2. The van der Waals surface area contributed by atoms with Crippen LogP contribution in [0.4, 0.5) is 5.69 Å². The summed E-state index contributed by atoms with van der Waals surface area (Å²) in [5.74, 6) is -0.536. The first-order valence-corrected chi connectivity index (χ1v) is 9.06. The number of hydrogen-bond acceptors (Lipinski definition) is 3. The van der Waals surface area contributed by atoms with Crippen molar-refractivity contribution >= 4 is 17.5 Å². The Morgan fingerprint density at radius 1 is 1.00 bits per heavy atom. The van der Waals surface area contributed by atoms with Crippen molar-refractivity contribution in [3.63, 3.8) is 0 Å². The van der Waals surface area contributed by atoms with E-state index in [0.717, 1.165) is 5.56 Å². The van der Waals surface area contributed by atoms with Gasteiger partial charge in [0.05, 0.1) is 0 Å². The lowest BCUT2D eigenvalue weighted by Crippen LogP contribution is -2.40. The van der Waals surface area contributed by atoms with Crippen LogP contribution in [0.2, 0.25) is 0 Å². The van der Waals surface area contributed by atoms with E-state index in [1.165, 1.54) is 5.56 Å². The van der Waals surface area contributed by atoms with Gasteiger partial charge in [-0.05, 0) is 49.9 Å². The van der Waals surface area contributed by atoms with Crippen LogP contribution in [0, 0.1) is 0 Å². The van der Waals surface area contributed by atoms with Crippen molar-refractivity contribution in [1.29, 1.82) is 0 Å². The molecule has 0 fully saturated rings. The standard InChI is InChI=1S/C20H33N3O2/c1-13(2)16-8-9-18(17(12-16)14(3)4)22-20(25)19(24)21-10-11-23(7)15(5)6/h8-9,12-15H,10-11H2,1-7H3,(H,21,24)(H,22,25). The Hall–Kier alpha value is -1.88. The van der Waals surface area contributed by atoms with Crippen molar-refractivity contribution in [3.05, 3.63) is 29.3 Å². The lowest BCUT2D eigenvalue weighted by molar-refractivity contribution is -0.136. The number of amides is 2. The van der Waals surface area contributed by atoms with Gasteiger partial charge in [0.1, 0.15) is 0 Å². The number of carbonyl (C=O) groups is 2. The Labute approximate surface area is 152 Å². The molecule has 2 N–H and O–H groups in total. The smallest absolute Gasteiger partial charge is 0.313 e. The molecule has 0 bridgehead atoms. The molecule has 2 amide bonds. The molecule has 0 aromatic heterocycles. The third kappa shape index (κ3) is 6.50. The van der Waals surface area contributed by atoms with Crippen LogP contribution >= 0.6 is 0 Å². The van der Waals surface area contributed by atoms with Crippen LogP contribution in [0.15, 0.2) is 18.2 Å². The van der Waals surface area contributed by atoms with Gasteiger partial charge in [-0.3, -0.25) is 9.59 Å². The number of likely N-dealkylation sites (N-methyl/N-ethyl adjacent to an activating group) is 1. The average molecular weight is 348 g/mol. The molecule has 25 heavy (non-hydrogen) atoms. The largest absolute Gasteiger partial charge is 0.347 e. The molecule has 0 spiro atoms. The second kappa shape index (κ2) is 9.56. The molecule has 0 radical (unpaired) electrons. The minimum absolute atomic E-state index is 0.261. The summed E-state index contributed by atoms with van der Waals surface area (Å²) in [5.41, 5.74) is 2.98. The maximum atomic E-state index is 12.2. The molecule has 0 saturated carbocycles. The van der Waals surface area contributed by atoms with Gasteiger partial charge in [0.15, 0.2) is 0 Å². The summed E-state index contributed by atoms with van der Waals surface area (Å²) in [6.45, 7) is 13.8. The van der Waals surface area contributed by atoms with Crippen molar-refractivity contribution in [2.75, 3.05) is 25.5 Å². The molecule has 0 aliphatic carbocycles. The van der Waals surface area contributed by atoms with Gasteiger partial charge in [0, 0.05) is 24.8 Å². The number of carbonyl (C=O) groups excluding carboxylic acids is 2. The number of anilines is 1. The van der Waals surface area contributed by atoms with E-state index in [4.69, 9.17) is 0 Å². The van der Waals surface area contributed by atoms with Crippen molar-refractivity contribution in [1.82, 2.24) is 10.2 Å². The topological polar surface area (TPSA) is 61.4 Å². The second-order valence-corrected chi connectivity index (χ2v) is 7.44. The monoisotopic (exact) mass is 347 g/mol. The molecule has 0 aliphatic heterocycles. The van der Waals surface area contributed by atoms with Crippen LogP contribution in [0.1, 0.15) is 64.5 Å². The molecule has 0 aliphatic rings. The van der Waals surface area contributed by atoms with E-state index < -0.39 is 11.8 Å². The highest BCUT2D eigenvalue weighted by molar-refractivity contribution is 6.39. The van der Waals surface area contributed by atoms with Gasteiger partial charge >= 0.3 is 11.8 Å². The third-order valence-corrected chi connectivity index (χ3v) is 4.45. The van der Waals surface area contributed by atoms with Gasteiger partial charge in [0.25, 0.3) is 0 Å². The Kier molecular flexibility index (Phi) is 8.10. The van der Waals surface area contributed by atoms with Gasteiger partial charge in [0.2, 0.25) is 0 Å². The molecule has 140 valence electrons. The average Bonchev–Trinajstić information content (AvgIpc) is 2.54. The zero-order valence-corrected chi connectivity index (χ0v) is 16.6. The van der Waals surface area contributed by atoms with E-state index in [0.29, 0.717) is 30.7 Å². The van der Waals surface area contributed by atoms with Crippen LogP contribution in [-0.4, -0.2) is 42.9 Å². The van der Waals surface area contributed by atoms with Crippen molar-refractivity contribution < 1.29 is 9.59 Å². The quantitative estimate of drug-likeness (QED) is 0.744. The lowest BCUT2D eigenvalue weighted by Gasteiger charge is -2.21. The van der Waals surface area contributed by atoms with Gasteiger partial charge in [-0.25, -0.2) is 0 Å². The zero-order chi connectivity index (χ0) is 19.1. The van der Waals surface area contributed by atoms with Gasteiger partial charge < -0.3 is 15.5 Å². The van der Waals surface area contributed by atoms with E-state index in [1.54, 1.807) is 0 Å². The number of nitrogens with zero attached hydrogens (tertiary/aromatic N) is 1. The summed E-state index contributed by atoms with van der Waals surface area (Å²) in [6, 6.07) is 6.41. The maximum absolute atomic E-state index is 12.2. The van der Waals surface area contributed by atoms with Crippen molar-refractivity contribution in [2.45, 2.75) is 59.4 Å². The lowest BCUT2D eigenvalue weighted by atomic mass is 9.94. The van der Waals surface area contributed by atoms with Gasteiger partial charge in [-0.1, -0.05) is 39.8 Å². The first kappa shape index (κ1) is 21.2. The summed E-state index contributed by atoms with van der Waals surface area (Å²) in [5, 5.41) is 5.43. The Morgan fingerprint density at radius 3 is 2.16 bits per heavy atom. The highest BCUT2D eigenvalue weighted by Crippen LogP contribution is 2.28. The van der Waals surface area contributed by atoms with E-state index in [9.17, 15) is 9.59 Å². The SMILES string of the molecule is CC(C)c1ccc(NC(=O)C(=O)NCCN(C)C(C)C)c(C(C)C)c1. The molecule has 1 aromatic rings. The van der Waals surface area contributed by atoms with E-state index in [1.807, 2.05) is 19.2 Å². The first-order chi connectivity index (χ1) is 11.6. The van der Waals surface area contributed by atoms with E-state index >= 15 is 0 Å². The molecule has 0 heterocycles. The molecule has 0 unspecified atom stereocenters. The van der Waals surface area contributed by atoms with Crippen LogP contribution in [0.5, 0.6) is 0 Å². The summed E-state index contributed by atoms with van der Waals surface area (Å²) in [4.78, 5) is 26.3. The molecular formula is C20H33N3O2. The van der Waals surface area contributed by atoms with Crippen LogP contribution in [0.25, 0.3) is 0 Å². The van der Waals surface area contributed by atoms with E-state index in [2.05, 4.69) is 63.1 Å². The van der Waals surface area contributed by atoms with Crippen molar-refractivity contribution in [2.24, 2.45) is 0 Å². The van der Waals surface area contributed by atoms with E-state index in [-0.39, 0.29) is 5.92 Å². The minimum atomic E-state index is -0.619. The zero-order valence-electron chi connectivity index (χ0n) is 16.6.